The maximum atomic E-state index is 13.5. The summed E-state index contributed by atoms with van der Waals surface area (Å²) in [4.78, 5) is 0. The van der Waals surface area contributed by atoms with E-state index < -0.39 is 5.82 Å². The number of nitrogens with one attached hydrogen (secondary N) is 1. The summed E-state index contributed by atoms with van der Waals surface area (Å²) in [6, 6.07) is 11.5. The van der Waals surface area contributed by atoms with E-state index in [1.807, 2.05) is 19.2 Å². The molecule has 2 aromatic carbocycles. The highest BCUT2D eigenvalue weighted by Gasteiger charge is 2.12. The van der Waals surface area contributed by atoms with Gasteiger partial charge in [0.1, 0.15) is 11.6 Å². The smallest absolute Gasteiger partial charge is 0.142 e. The van der Waals surface area contributed by atoms with Crippen LogP contribution in [-0.2, 0) is 12.8 Å². The van der Waals surface area contributed by atoms with E-state index in [1.54, 1.807) is 18.2 Å². The zero-order valence-electron chi connectivity index (χ0n) is 11.9. The zero-order valence-corrected chi connectivity index (χ0v) is 12.6. The van der Waals surface area contributed by atoms with Gasteiger partial charge in [-0.25, -0.2) is 8.78 Å². The molecular weight excluding hydrogens is 292 g/mol. The Bertz CT molecular complexity index is 601. The molecule has 4 heteroatoms. The fourth-order valence-electron chi connectivity index (χ4n) is 2.50. The molecular formula is C17H18ClF2N. The lowest BCUT2D eigenvalue weighted by Gasteiger charge is -2.17. The molecule has 0 bridgehead atoms. The van der Waals surface area contributed by atoms with Crippen molar-refractivity contribution in [3.63, 3.8) is 0 Å². The molecule has 0 spiro atoms. The molecule has 0 saturated carbocycles. The second-order valence-electron chi connectivity index (χ2n) is 5.21. The Morgan fingerprint density at radius 2 is 1.76 bits per heavy atom. The van der Waals surface area contributed by atoms with Crippen LogP contribution >= 0.6 is 11.6 Å². The minimum Gasteiger partial charge on any atom is -0.319 e. The Morgan fingerprint density at radius 1 is 1.05 bits per heavy atom. The van der Waals surface area contributed by atoms with Crippen molar-refractivity contribution in [1.82, 2.24) is 5.32 Å². The van der Waals surface area contributed by atoms with E-state index in [1.165, 1.54) is 12.1 Å². The van der Waals surface area contributed by atoms with Crippen LogP contribution in [0.25, 0.3) is 0 Å². The Hall–Kier alpha value is -1.45. The first kappa shape index (κ1) is 15.9. The Kier molecular flexibility index (Phi) is 5.71. The summed E-state index contributed by atoms with van der Waals surface area (Å²) in [5.74, 6) is -0.367. The molecule has 2 rings (SSSR count). The predicted molar refractivity (Wildman–Crippen MR) is 82.6 cm³/mol. The maximum absolute atomic E-state index is 13.5. The molecule has 0 aliphatic rings. The van der Waals surface area contributed by atoms with Crippen molar-refractivity contribution in [3.8, 4) is 0 Å². The van der Waals surface area contributed by atoms with Gasteiger partial charge in [0.2, 0.25) is 0 Å². The molecule has 1 atom stereocenters. The van der Waals surface area contributed by atoms with E-state index in [2.05, 4.69) is 5.32 Å². The van der Waals surface area contributed by atoms with Gasteiger partial charge in [0.15, 0.2) is 0 Å². The number of hydrogen-bond donors (Lipinski definition) is 1. The fraction of sp³-hybridized carbons (Fsp3) is 0.294. The average Bonchev–Trinajstić information content (AvgIpc) is 2.43. The highest BCUT2D eigenvalue weighted by atomic mass is 35.5. The third-order valence-corrected chi connectivity index (χ3v) is 3.72. The van der Waals surface area contributed by atoms with Gasteiger partial charge in [0, 0.05) is 0 Å². The molecule has 1 N–H and O–H groups in total. The standard InChI is InChI=1S/C17H18ClF2N/c1-21-11-14(7-12-3-2-4-15(19)9-12)8-13-5-6-16(18)17(20)10-13/h2-6,9-10,14,21H,7-8,11H2,1H3. The zero-order chi connectivity index (χ0) is 15.2. The van der Waals surface area contributed by atoms with E-state index in [4.69, 9.17) is 11.6 Å². The van der Waals surface area contributed by atoms with Gasteiger partial charge in [-0.05, 0) is 67.7 Å². The van der Waals surface area contributed by atoms with Crippen LogP contribution < -0.4 is 5.32 Å². The molecule has 0 aliphatic heterocycles. The topological polar surface area (TPSA) is 12.0 Å². The van der Waals surface area contributed by atoms with Crippen LogP contribution in [-0.4, -0.2) is 13.6 Å². The first-order valence-electron chi connectivity index (χ1n) is 6.91. The average molecular weight is 310 g/mol. The van der Waals surface area contributed by atoms with Crippen molar-refractivity contribution in [1.29, 1.82) is 0 Å². The van der Waals surface area contributed by atoms with Crippen LogP contribution in [0.15, 0.2) is 42.5 Å². The van der Waals surface area contributed by atoms with E-state index >= 15 is 0 Å². The van der Waals surface area contributed by atoms with Gasteiger partial charge in [-0.3, -0.25) is 0 Å². The van der Waals surface area contributed by atoms with Crippen LogP contribution in [0.1, 0.15) is 11.1 Å². The van der Waals surface area contributed by atoms with Gasteiger partial charge in [-0.1, -0.05) is 29.8 Å². The van der Waals surface area contributed by atoms with E-state index in [0.717, 1.165) is 24.1 Å². The number of rotatable bonds is 6. The quantitative estimate of drug-likeness (QED) is 0.841. The normalized spacial score (nSPS) is 12.4. The summed E-state index contributed by atoms with van der Waals surface area (Å²) >= 11 is 5.70. The number of benzene rings is 2. The van der Waals surface area contributed by atoms with Crippen molar-refractivity contribution >= 4 is 11.6 Å². The summed E-state index contributed by atoms with van der Waals surface area (Å²) in [6.07, 6.45) is 1.45. The van der Waals surface area contributed by atoms with Crippen molar-refractivity contribution in [3.05, 3.63) is 70.2 Å². The summed E-state index contributed by atoms with van der Waals surface area (Å²) in [5, 5.41) is 3.27. The molecule has 2 aromatic rings. The first-order valence-corrected chi connectivity index (χ1v) is 7.29. The molecule has 0 saturated heterocycles. The lowest BCUT2D eigenvalue weighted by molar-refractivity contribution is 0.490. The molecule has 0 aliphatic carbocycles. The van der Waals surface area contributed by atoms with Crippen molar-refractivity contribution in [2.24, 2.45) is 5.92 Å². The Morgan fingerprint density at radius 3 is 2.38 bits per heavy atom. The first-order chi connectivity index (χ1) is 10.1. The SMILES string of the molecule is CNCC(Cc1cccc(F)c1)Cc1ccc(Cl)c(F)c1. The third-order valence-electron chi connectivity index (χ3n) is 3.41. The number of hydrogen-bond acceptors (Lipinski definition) is 1. The molecule has 1 nitrogen and oxygen atoms in total. The van der Waals surface area contributed by atoms with E-state index in [-0.39, 0.29) is 16.8 Å². The van der Waals surface area contributed by atoms with E-state index in [9.17, 15) is 8.78 Å². The molecule has 0 radical (unpaired) electrons. The van der Waals surface area contributed by atoms with Gasteiger partial charge in [0.25, 0.3) is 0 Å². The summed E-state index contributed by atoms with van der Waals surface area (Å²) in [6.45, 7) is 0.779. The summed E-state index contributed by atoms with van der Waals surface area (Å²) in [5.41, 5.74) is 1.85. The number of halogens is 3. The third kappa shape index (κ3) is 4.80. The highest BCUT2D eigenvalue weighted by molar-refractivity contribution is 6.30. The van der Waals surface area contributed by atoms with Crippen molar-refractivity contribution < 1.29 is 8.78 Å². The minimum absolute atomic E-state index is 0.133. The summed E-state index contributed by atoms with van der Waals surface area (Å²) < 4.78 is 26.7. The van der Waals surface area contributed by atoms with Gasteiger partial charge in [-0.2, -0.15) is 0 Å². The predicted octanol–water partition coefficient (Wildman–Crippen LogP) is 4.24. The van der Waals surface area contributed by atoms with Gasteiger partial charge in [-0.15, -0.1) is 0 Å². The monoisotopic (exact) mass is 309 g/mol. The summed E-state index contributed by atoms with van der Waals surface area (Å²) in [7, 11) is 1.88. The highest BCUT2D eigenvalue weighted by Crippen LogP contribution is 2.20. The fourth-order valence-corrected chi connectivity index (χ4v) is 2.62. The van der Waals surface area contributed by atoms with Gasteiger partial charge >= 0.3 is 0 Å². The van der Waals surface area contributed by atoms with Crippen LogP contribution in [0.5, 0.6) is 0 Å². The molecule has 0 amide bonds. The van der Waals surface area contributed by atoms with Crippen LogP contribution in [0.4, 0.5) is 8.78 Å². The van der Waals surface area contributed by atoms with Crippen molar-refractivity contribution in [2.75, 3.05) is 13.6 Å². The molecule has 0 fully saturated rings. The van der Waals surface area contributed by atoms with Crippen LogP contribution in [0, 0.1) is 17.6 Å². The van der Waals surface area contributed by atoms with E-state index in [0.29, 0.717) is 6.42 Å². The second kappa shape index (κ2) is 7.53. The molecule has 112 valence electrons. The Balaban J connectivity index is 2.09. The molecule has 1 unspecified atom stereocenters. The van der Waals surface area contributed by atoms with Crippen LogP contribution in [0.2, 0.25) is 5.02 Å². The molecule has 21 heavy (non-hydrogen) atoms. The largest absolute Gasteiger partial charge is 0.319 e. The lowest BCUT2D eigenvalue weighted by atomic mass is 9.92. The van der Waals surface area contributed by atoms with Gasteiger partial charge in [0.05, 0.1) is 5.02 Å². The van der Waals surface area contributed by atoms with Gasteiger partial charge < -0.3 is 5.32 Å². The minimum atomic E-state index is -0.400. The second-order valence-corrected chi connectivity index (χ2v) is 5.62. The van der Waals surface area contributed by atoms with Crippen LogP contribution in [0.3, 0.4) is 0 Å². The molecule has 0 aromatic heterocycles. The molecule has 0 heterocycles. The maximum Gasteiger partial charge on any atom is 0.142 e. The Labute approximate surface area is 128 Å². The lowest BCUT2D eigenvalue weighted by Crippen LogP contribution is -2.22. The van der Waals surface area contributed by atoms with Crippen molar-refractivity contribution in [2.45, 2.75) is 12.8 Å².